The lowest BCUT2D eigenvalue weighted by Crippen LogP contribution is -2.23. The van der Waals surface area contributed by atoms with Gasteiger partial charge in [-0.15, -0.1) is 0 Å². The molecule has 1 N–H and O–H groups in total. The van der Waals surface area contributed by atoms with Crippen molar-refractivity contribution >= 4 is 0 Å². The van der Waals surface area contributed by atoms with Crippen LogP contribution in [0, 0.1) is 5.92 Å². The van der Waals surface area contributed by atoms with Gasteiger partial charge >= 0.3 is 6.18 Å². The SMILES string of the molecule is CNC(CC(C)COC)c1ccccc1C(F)(F)F. The minimum absolute atomic E-state index is 0.184. The fraction of sp³-hybridized carbons (Fsp3) is 0.571. The van der Waals surface area contributed by atoms with Gasteiger partial charge in [-0.2, -0.15) is 13.2 Å². The second-order valence-electron chi connectivity index (χ2n) is 4.72. The molecular weight excluding hydrogens is 255 g/mol. The molecule has 0 amide bonds. The molecule has 1 aromatic carbocycles. The topological polar surface area (TPSA) is 21.3 Å². The first-order valence-corrected chi connectivity index (χ1v) is 6.22. The molecule has 2 unspecified atom stereocenters. The summed E-state index contributed by atoms with van der Waals surface area (Å²) in [6.07, 6.45) is -3.73. The van der Waals surface area contributed by atoms with Gasteiger partial charge in [-0.05, 0) is 31.0 Å². The van der Waals surface area contributed by atoms with E-state index < -0.39 is 11.7 Å². The third-order valence-electron chi connectivity index (χ3n) is 3.08. The smallest absolute Gasteiger partial charge is 0.384 e. The van der Waals surface area contributed by atoms with Gasteiger partial charge in [-0.25, -0.2) is 0 Å². The highest BCUT2D eigenvalue weighted by Gasteiger charge is 2.34. The molecule has 0 saturated heterocycles. The van der Waals surface area contributed by atoms with E-state index in [0.717, 1.165) is 6.07 Å². The summed E-state index contributed by atoms with van der Waals surface area (Å²) in [6, 6.07) is 5.38. The van der Waals surface area contributed by atoms with Crippen LogP contribution in [0.5, 0.6) is 0 Å². The fourth-order valence-corrected chi connectivity index (χ4v) is 2.21. The molecule has 0 spiro atoms. The lowest BCUT2D eigenvalue weighted by atomic mass is 9.93. The number of methoxy groups -OCH3 is 1. The summed E-state index contributed by atoms with van der Waals surface area (Å²) < 4.78 is 44.0. The summed E-state index contributed by atoms with van der Waals surface area (Å²) in [5, 5.41) is 2.96. The molecule has 0 bridgehead atoms. The van der Waals surface area contributed by atoms with E-state index in [2.05, 4.69) is 5.32 Å². The standard InChI is InChI=1S/C14H20F3NO/c1-10(9-19-3)8-13(18-2)11-6-4-5-7-12(11)14(15,16)17/h4-7,10,13,18H,8-9H2,1-3H3. The summed E-state index contributed by atoms with van der Waals surface area (Å²) in [7, 11) is 3.27. The summed E-state index contributed by atoms with van der Waals surface area (Å²) in [6.45, 7) is 2.50. The Morgan fingerprint density at radius 3 is 2.42 bits per heavy atom. The molecule has 0 aliphatic heterocycles. The number of hydrogen-bond acceptors (Lipinski definition) is 2. The molecule has 108 valence electrons. The number of ether oxygens (including phenoxy) is 1. The Balaban J connectivity index is 2.98. The van der Waals surface area contributed by atoms with Crippen LogP contribution in [0.3, 0.4) is 0 Å². The first-order chi connectivity index (χ1) is 8.90. The Bertz CT molecular complexity index is 393. The van der Waals surface area contributed by atoms with Crippen LogP contribution < -0.4 is 5.32 Å². The van der Waals surface area contributed by atoms with Crippen LogP contribution in [0.15, 0.2) is 24.3 Å². The highest BCUT2D eigenvalue weighted by Crippen LogP contribution is 2.36. The van der Waals surface area contributed by atoms with E-state index in [1.54, 1.807) is 20.2 Å². The maximum Gasteiger partial charge on any atom is 0.416 e. The van der Waals surface area contributed by atoms with Gasteiger partial charge in [0.05, 0.1) is 5.56 Å². The predicted molar refractivity (Wildman–Crippen MR) is 68.9 cm³/mol. The van der Waals surface area contributed by atoms with Crippen LogP contribution in [0.25, 0.3) is 0 Å². The van der Waals surface area contributed by atoms with Gasteiger partial charge < -0.3 is 10.1 Å². The van der Waals surface area contributed by atoms with Crippen molar-refractivity contribution in [2.45, 2.75) is 25.6 Å². The van der Waals surface area contributed by atoms with Crippen LogP contribution in [-0.4, -0.2) is 20.8 Å². The maximum atomic E-state index is 13.0. The Kier molecular flexibility index (Phi) is 5.82. The quantitative estimate of drug-likeness (QED) is 0.856. The van der Waals surface area contributed by atoms with Crippen LogP contribution in [-0.2, 0) is 10.9 Å². The third-order valence-corrected chi connectivity index (χ3v) is 3.08. The third kappa shape index (κ3) is 4.51. The molecule has 0 saturated carbocycles. The molecule has 0 fully saturated rings. The predicted octanol–water partition coefficient (Wildman–Crippen LogP) is 3.64. The molecule has 1 rings (SSSR count). The molecule has 19 heavy (non-hydrogen) atoms. The largest absolute Gasteiger partial charge is 0.416 e. The van der Waals surface area contributed by atoms with Gasteiger partial charge in [0, 0.05) is 19.8 Å². The first-order valence-electron chi connectivity index (χ1n) is 6.22. The van der Waals surface area contributed by atoms with Gasteiger partial charge in [0.15, 0.2) is 0 Å². The van der Waals surface area contributed by atoms with Gasteiger partial charge in [-0.1, -0.05) is 25.1 Å². The van der Waals surface area contributed by atoms with Crippen LogP contribution in [0.2, 0.25) is 0 Å². The average Bonchev–Trinajstić information content (AvgIpc) is 2.35. The molecule has 1 aromatic rings. The Morgan fingerprint density at radius 1 is 1.26 bits per heavy atom. The Morgan fingerprint density at radius 2 is 1.89 bits per heavy atom. The first kappa shape index (κ1) is 16.0. The number of rotatable bonds is 6. The van der Waals surface area contributed by atoms with Gasteiger partial charge in [0.1, 0.15) is 0 Å². The molecule has 0 aromatic heterocycles. The van der Waals surface area contributed by atoms with E-state index in [1.807, 2.05) is 6.92 Å². The second-order valence-corrected chi connectivity index (χ2v) is 4.72. The van der Waals surface area contributed by atoms with E-state index in [-0.39, 0.29) is 12.0 Å². The van der Waals surface area contributed by atoms with Crippen molar-refractivity contribution < 1.29 is 17.9 Å². The highest BCUT2D eigenvalue weighted by molar-refractivity contribution is 5.32. The number of alkyl halides is 3. The van der Waals surface area contributed by atoms with E-state index in [1.165, 1.54) is 12.1 Å². The van der Waals surface area contributed by atoms with Gasteiger partial charge in [-0.3, -0.25) is 0 Å². The van der Waals surface area contributed by atoms with E-state index >= 15 is 0 Å². The fourth-order valence-electron chi connectivity index (χ4n) is 2.21. The molecule has 2 nitrogen and oxygen atoms in total. The van der Waals surface area contributed by atoms with Crippen molar-refractivity contribution in [2.75, 3.05) is 20.8 Å². The van der Waals surface area contributed by atoms with E-state index in [4.69, 9.17) is 4.74 Å². The van der Waals surface area contributed by atoms with Crippen molar-refractivity contribution in [3.63, 3.8) is 0 Å². The number of hydrogen-bond donors (Lipinski definition) is 1. The van der Waals surface area contributed by atoms with Crippen molar-refractivity contribution in [3.8, 4) is 0 Å². The van der Waals surface area contributed by atoms with Gasteiger partial charge in [0.25, 0.3) is 0 Å². The van der Waals surface area contributed by atoms with Crippen LogP contribution >= 0.6 is 0 Å². The maximum absolute atomic E-state index is 13.0. The van der Waals surface area contributed by atoms with Crippen LogP contribution in [0.4, 0.5) is 13.2 Å². The Hall–Kier alpha value is -1.07. The molecule has 0 aliphatic rings. The zero-order valence-electron chi connectivity index (χ0n) is 11.4. The van der Waals surface area contributed by atoms with Crippen LogP contribution in [0.1, 0.15) is 30.5 Å². The van der Waals surface area contributed by atoms with E-state index in [9.17, 15) is 13.2 Å². The summed E-state index contributed by atoms with van der Waals surface area (Å²) >= 11 is 0. The van der Waals surface area contributed by atoms with Gasteiger partial charge in [0.2, 0.25) is 0 Å². The summed E-state index contributed by atoms with van der Waals surface area (Å²) in [4.78, 5) is 0. The number of halogens is 3. The summed E-state index contributed by atoms with van der Waals surface area (Å²) in [5.41, 5.74) is -0.278. The lowest BCUT2D eigenvalue weighted by molar-refractivity contribution is -0.138. The zero-order chi connectivity index (χ0) is 14.5. The van der Waals surface area contributed by atoms with Crippen molar-refractivity contribution in [3.05, 3.63) is 35.4 Å². The normalized spacial score (nSPS) is 15.3. The molecule has 0 heterocycles. The van der Waals surface area contributed by atoms with E-state index in [0.29, 0.717) is 18.6 Å². The monoisotopic (exact) mass is 275 g/mol. The second kappa shape index (κ2) is 6.91. The minimum atomic E-state index is -4.32. The average molecular weight is 275 g/mol. The molecule has 2 atom stereocenters. The molecule has 0 aliphatic carbocycles. The molecular formula is C14H20F3NO. The number of nitrogens with one attached hydrogen (secondary N) is 1. The zero-order valence-corrected chi connectivity index (χ0v) is 11.4. The van der Waals surface area contributed by atoms with Crippen molar-refractivity contribution in [2.24, 2.45) is 5.92 Å². The molecule has 5 heteroatoms. The molecule has 0 radical (unpaired) electrons. The Labute approximate surface area is 112 Å². The number of benzene rings is 1. The minimum Gasteiger partial charge on any atom is -0.384 e. The van der Waals surface area contributed by atoms with Crippen molar-refractivity contribution in [1.82, 2.24) is 5.32 Å². The lowest BCUT2D eigenvalue weighted by Gasteiger charge is -2.24. The van der Waals surface area contributed by atoms with Crippen molar-refractivity contribution in [1.29, 1.82) is 0 Å². The highest BCUT2D eigenvalue weighted by atomic mass is 19.4. The summed E-state index contributed by atoms with van der Waals surface area (Å²) in [5.74, 6) is 0.184.